The van der Waals surface area contributed by atoms with Crippen LogP contribution in [0.15, 0.2) is 12.1 Å². The summed E-state index contributed by atoms with van der Waals surface area (Å²) in [5, 5.41) is 8.36. The second kappa shape index (κ2) is 3.63. The Bertz CT molecular complexity index is 466. The van der Waals surface area contributed by atoms with Gasteiger partial charge in [0.15, 0.2) is 11.5 Å². The lowest BCUT2D eigenvalue weighted by Crippen LogP contribution is -2.14. The molecule has 0 atom stereocenters. The highest BCUT2D eigenvalue weighted by molar-refractivity contribution is 5.49. The molecule has 5 heteroatoms. The van der Waals surface area contributed by atoms with Crippen molar-refractivity contribution in [2.75, 3.05) is 6.79 Å². The first-order valence-electron chi connectivity index (χ1n) is 4.70. The second-order valence-electron chi connectivity index (χ2n) is 3.56. The molecule has 3 nitrogen and oxygen atoms in total. The minimum Gasteiger partial charge on any atom is -0.454 e. The number of hydrogen-bond acceptors (Lipinski definition) is 3. The predicted octanol–water partition coefficient (Wildman–Crippen LogP) is 2.73. The summed E-state index contributed by atoms with van der Waals surface area (Å²) in [6, 6.07) is 4.23. The summed E-state index contributed by atoms with van der Waals surface area (Å²) >= 11 is 0. The van der Waals surface area contributed by atoms with Gasteiger partial charge in [-0.05, 0) is 24.6 Å². The van der Waals surface area contributed by atoms with Crippen molar-refractivity contribution in [3.63, 3.8) is 0 Å². The fourth-order valence-electron chi connectivity index (χ4n) is 1.63. The lowest BCUT2D eigenvalue weighted by atomic mass is 10.00. The van der Waals surface area contributed by atoms with Crippen LogP contribution >= 0.6 is 0 Å². The van der Waals surface area contributed by atoms with Gasteiger partial charge in [0.1, 0.15) is 6.42 Å². The Labute approximate surface area is 91.2 Å². The fraction of sp³-hybridized carbons (Fsp3) is 0.364. The van der Waals surface area contributed by atoms with Gasteiger partial charge in [-0.1, -0.05) is 0 Å². The molecule has 0 aliphatic carbocycles. The van der Waals surface area contributed by atoms with Gasteiger partial charge < -0.3 is 9.47 Å². The molecule has 0 saturated heterocycles. The molecule has 1 aliphatic rings. The lowest BCUT2D eigenvalue weighted by Gasteiger charge is -2.16. The molecule has 1 aliphatic heterocycles. The van der Waals surface area contributed by atoms with Crippen LogP contribution < -0.4 is 9.47 Å². The molecule has 0 N–H and O–H groups in total. The Morgan fingerprint density at radius 2 is 2.00 bits per heavy atom. The fourth-order valence-corrected chi connectivity index (χ4v) is 1.63. The Morgan fingerprint density at radius 1 is 1.38 bits per heavy atom. The number of nitriles is 1. The van der Waals surface area contributed by atoms with Gasteiger partial charge in [0.25, 0.3) is 5.92 Å². The predicted molar refractivity (Wildman–Crippen MR) is 51.4 cm³/mol. The third-order valence-electron chi connectivity index (χ3n) is 2.41. The van der Waals surface area contributed by atoms with Crippen LogP contribution in [0.4, 0.5) is 8.78 Å². The van der Waals surface area contributed by atoms with Crippen molar-refractivity contribution < 1.29 is 18.3 Å². The smallest absolute Gasteiger partial charge is 0.286 e. The Hall–Kier alpha value is -1.83. The molecule has 1 aromatic rings. The first-order valence-corrected chi connectivity index (χ1v) is 4.70. The van der Waals surface area contributed by atoms with Crippen LogP contribution in [-0.4, -0.2) is 6.79 Å². The highest BCUT2D eigenvalue weighted by Crippen LogP contribution is 2.41. The van der Waals surface area contributed by atoms with E-state index in [9.17, 15) is 8.78 Å². The Balaban J connectivity index is 2.46. The highest BCUT2D eigenvalue weighted by Gasteiger charge is 2.34. The SMILES string of the molecule is Cc1cc2c(cc1C(F)(F)CC#N)OCO2. The van der Waals surface area contributed by atoms with Gasteiger partial charge in [0.05, 0.1) is 6.07 Å². The monoisotopic (exact) mass is 225 g/mol. The van der Waals surface area contributed by atoms with Crippen LogP contribution in [0.3, 0.4) is 0 Å². The summed E-state index contributed by atoms with van der Waals surface area (Å²) in [7, 11) is 0. The molecular weight excluding hydrogens is 216 g/mol. The van der Waals surface area contributed by atoms with Gasteiger partial charge in [-0.2, -0.15) is 5.26 Å². The Kier molecular flexibility index (Phi) is 2.43. The van der Waals surface area contributed by atoms with Crippen molar-refractivity contribution in [2.45, 2.75) is 19.3 Å². The van der Waals surface area contributed by atoms with Gasteiger partial charge in [-0.15, -0.1) is 0 Å². The normalized spacial score (nSPS) is 13.6. The maximum absolute atomic E-state index is 13.6. The maximum atomic E-state index is 13.6. The van der Waals surface area contributed by atoms with Crippen molar-refractivity contribution in [3.8, 4) is 17.6 Å². The first-order chi connectivity index (χ1) is 7.54. The van der Waals surface area contributed by atoms with Crippen molar-refractivity contribution in [3.05, 3.63) is 23.3 Å². The summed E-state index contributed by atoms with van der Waals surface area (Å²) < 4.78 is 37.2. The van der Waals surface area contributed by atoms with Gasteiger partial charge in [0.2, 0.25) is 6.79 Å². The molecule has 0 radical (unpaired) electrons. The molecular formula is C11H9F2NO2. The van der Waals surface area contributed by atoms with Crippen LogP contribution in [0.2, 0.25) is 0 Å². The zero-order chi connectivity index (χ0) is 11.8. The number of fused-ring (bicyclic) bond motifs is 1. The van der Waals surface area contributed by atoms with E-state index < -0.39 is 12.3 Å². The van der Waals surface area contributed by atoms with Gasteiger partial charge in [-0.3, -0.25) is 0 Å². The van der Waals surface area contributed by atoms with Crippen molar-refractivity contribution in [1.82, 2.24) is 0 Å². The number of ether oxygens (including phenoxy) is 2. The molecule has 84 valence electrons. The number of aryl methyl sites for hydroxylation is 1. The zero-order valence-corrected chi connectivity index (χ0v) is 8.59. The number of alkyl halides is 2. The highest BCUT2D eigenvalue weighted by atomic mass is 19.3. The molecule has 16 heavy (non-hydrogen) atoms. The quantitative estimate of drug-likeness (QED) is 0.777. The van der Waals surface area contributed by atoms with Crippen molar-refractivity contribution in [1.29, 1.82) is 5.26 Å². The van der Waals surface area contributed by atoms with E-state index in [2.05, 4.69) is 0 Å². The van der Waals surface area contributed by atoms with E-state index in [0.717, 1.165) is 0 Å². The van der Waals surface area contributed by atoms with Gasteiger partial charge in [-0.25, -0.2) is 8.78 Å². The van der Waals surface area contributed by atoms with Gasteiger partial charge >= 0.3 is 0 Å². The molecule has 0 amide bonds. The summed E-state index contributed by atoms with van der Waals surface area (Å²) in [4.78, 5) is 0. The summed E-state index contributed by atoms with van der Waals surface area (Å²) in [5.41, 5.74) is 0.211. The molecule has 0 saturated carbocycles. The van der Waals surface area contributed by atoms with Crippen LogP contribution in [0, 0.1) is 18.3 Å². The van der Waals surface area contributed by atoms with E-state index in [1.807, 2.05) is 0 Å². The van der Waals surface area contributed by atoms with Crippen molar-refractivity contribution in [2.24, 2.45) is 0 Å². The third kappa shape index (κ3) is 1.67. The summed E-state index contributed by atoms with van der Waals surface area (Å²) in [6.07, 6.45) is -0.840. The van der Waals surface area contributed by atoms with Gasteiger partial charge in [0, 0.05) is 5.56 Å². The molecule has 0 aromatic heterocycles. The third-order valence-corrected chi connectivity index (χ3v) is 2.41. The number of rotatable bonds is 2. The standard InChI is InChI=1S/C11H9F2NO2/c1-7-4-9-10(16-6-15-9)5-8(7)11(12,13)2-3-14/h4-5H,2,6H2,1H3. The molecule has 2 rings (SSSR count). The average Bonchev–Trinajstić information content (AvgIpc) is 2.63. The van der Waals surface area contributed by atoms with E-state index in [0.29, 0.717) is 17.1 Å². The number of hydrogen-bond donors (Lipinski definition) is 0. The molecule has 0 spiro atoms. The van der Waals surface area contributed by atoms with E-state index in [-0.39, 0.29) is 12.4 Å². The van der Waals surface area contributed by atoms with Crippen LogP contribution in [0.5, 0.6) is 11.5 Å². The number of halogens is 2. The number of nitrogens with zero attached hydrogens (tertiary/aromatic N) is 1. The number of benzene rings is 1. The van der Waals surface area contributed by atoms with E-state index in [4.69, 9.17) is 14.7 Å². The minimum atomic E-state index is -3.15. The maximum Gasteiger partial charge on any atom is 0.286 e. The topological polar surface area (TPSA) is 42.2 Å². The average molecular weight is 225 g/mol. The summed E-state index contributed by atoms with van der Waals surface area (Å²) in [5.74, 6) is -2.38. The van der Waals surface area contributed by atoms with E-state index in [1.165, 1.54) is 18.2 Å². The van der Waals surface area contributed by atoms with E-state index in [1.54, 1.807) is 6.92 Å². The second-order valence-corrected chi connectivity index (χ2v) is 3.56. The Morgan fingerprint density at radius 3 is 2.62 bits per heavy atom. The molecule has 0 fully saturated rings. The van der Waals surface area contributed by atoms with Crippen LogP contribution in [-0.2, 0) is 5.92 Å². The lowest BCUT2D eigenvalue weighted by molar-refractivity contribution is 0.000156. The van der Waals surface area contributed by atoms with Crippen LogP contribution in [0.25, 0.3) is 0 Å². The minimum absolute atomic E-state index is 0.0437. The molecule has 0 bridgehead atoms. The largest absolute Gasteiger partial charge is 0.454 e. The van der Waals surface area contributed by atoms with Crippen LogP contribution in [0.1, 0.15) is 17.5 Å². The summed E-state index contributed by atoms with van der Waals surface area (Å²) in [6.45, 7) is 1.60. The molecule has 1 aromatic carbocycles. The first kappa shape index (κ1) is 10.7. The molecule has 0 unspecified atom stereocenters. The van der Waals surface area contributed by atoms with E-state index >= 15 is 0 Å². The zero-order valence-electron chi connectivity index (χ0n) is 8.59. The molecule has 1 heterocycles. The van der Waals surface area contributed by atoms with Crippen molar-refractivity contribution >= 4 is 0 Å².